The number of methoxy groups -OCH3 is 1. The van der Waals surface area contributed by atoms with Crippen molar-refractivity contribution in [2.24, 2.45) is 5.92 Å². The van der Waals surface area contributed by atoms with Crippen LogP contribution in [0.25, 0.3) is 10.9 Å². The van der Waals surface area contributed by atoms with Gasteiger partial charge in [-0.25, -0.2) is 14.0 Å². The lowest BCUT2D eigenvalue weighted by Crippen LogP contribution is -2.51. The summed E-state index contributed by atoms with van der Waals surface area (Å²) in [5.74, 6) is -0.606. The molecule has 10 heteroatoms. The second-order valence-electron chi connectivity index (χ2n) is 9.78. The van der Waals surface area contributed by atoms with Crippen LogP contribution in [0.4, 0.5) is 9.18 Å². The number of piperidine rings is 1. The van der Waals surface area contributed by atoms with Crippen LogP contribution in [-0.2, 0) is 32.1 Å². The third-order valence-corrected chi connectivity index (χ3v) is 7.07. The van der Waals surface area contributed by atoms with E-state index in [9.17, 15) is 18.8 Å². The molecular weight excluding hydrogens is 503 g/mol. The summed E-state index contributed by atoms with van der Waals surface area (Å²) in [6.07, 6.45) is 4.62. The monoisotopic (exact) mass is 538 g/mol. The lowest BCUT2D eigenvalue weighted by molar-refractivity contribution is -0.142. The van der Waals surface area contributed by atoms with Gasteiger partial charge < -0.3 is 30.0 Å². The van der Waals surface area contributed by atoms with Crippen molar-refractivity contribution in [3.8, 4) is 0 Å². The minimum atomic E-state index is -0.792. The van der Waals surface area contributed by atoms with Gasteiger partial charge in [-0.2, -0.15) is 0 Å². The van der Waals surface area contributed by atoms with Crippen LogP contribution in [0.2, 0.25) is 0 Å². The molecule has 9 nitrogen and oxygen atoms in total. The van der Waals surface area contributed by atoms with Crippen molar-refractivity contribution in [2.45, 2.75) is 38.3 Å². The number of nitrogens with zero attached hydrogens (tertiary/aromatic N) is 1. The molecule has 2 aromatic carbocycles. The Morgan fingerprint density at radius 1 is 1.10 bits per heavy atom. The largest absolute Gasteiger partial charge is 0.467 e. The summed E-state index contributed by atoms with van der Waals surface area (Å²) in [7, 11) is 1.32. The number of nitrogens with one attached hydrogen (secondary N) is 3. The van der Waals surface area contributed by atoms with Gasteiger partial charge in [-0.15, -0.1) is 0 Å². The SMILES string of the molecule is COC(=O)C(Cc1c[nH]c2ccccc12)NC(=O)N1CCC(CCNC(=O)COCc2ccc(F)cc2)CC1. The highest BCUT2D eigenvalue weighted by molar-refractivity contribution is 5.87. The third kappa shape index (κ3) is 8.03. The molecule has 0 saturated carbocycles. The second-order valence-corrected chi connectivity index (χ2v) is 9.78. The average molecular weight is 539 g/mol. The Kier molecular flexibility index (Phi) is 9.91. The number of para-hydroxylation sites is 1. The zero-order valence-corrected chi connectivity index (χ0v) is 22.1. The van der Waals surface area contributed by atoms with Crippen molar-refractivity contribution in [2.75, 3.05) is 33.4 Å². The van der Waals surface area contributed by atoms with Crippen LogP contribution >= 0.6 is 0 Å². The molecule has 0 radical (unpaired) electrons. The Bertz CT molecular complexity index is 1250. The summed E-state index contributed by atoms with van der Waals surface area (Å²) < 4.78 is 23.3. The predicted octanol–water partition coefficient (Wildman–Crippen LogP) is 3.54. The molecule has 1 aromatic heterocycles. The van der Waals surface area contributed by atoms with Crippen LogP contribution in [0.15, 0.2) is 54.7 Å². The van der Waals surface area contributed by atoms with E-state index in [0.29, 0.717) is 32.0 Å². The molecule has 1 atom stereocenters. The third-order valence-electron chi connectivity index (χ3n) is 7.07. The van der Waals surface area contributed by atoms with Crippen molar-refractivity contribution < 1.29 is 28.2 Å². The number of carbonyl (C=O) groups excluding carboxylic acids is 3. The Morgan fingerprint density at radius 3 is 2.59 bits per heavy atom. The number of H-pyrrole nitrogens is 1. The van der Waals surface area contributed by atoms with Gasteiger partial charge >= 0.3 is 12.0 Å². The van der Waals surface area contributed by atoms with Crippen LogP contribution in [-0.4, -0.2) is 67.2 Å². The Labute approximate surface area is 227 Å². The molecule has 0 spiro atoms. The van der Waals surface area contributed by atoms with Crippen molar-refractivity contribution in [1.29, 1.82) is 0 Å². The molecule has 3 amide bonds. The predicted molar refractivity (Wildman–Crippen MR) is 144 cm³/mol. The fourth-order valence-corrected chi connectivity index (χ4v) is 4.83. The van der Waals surface area contributed by atoms with Gasteiger partial charge in [0, 0.05) is 43.2 Å². The highest BCUT2D eigenvalue weighted by Gasteiger charge is 2.28. The maximum Gasteiger partial charge on any atom is 0.328 e. The first-order chi connectivity index (χ1) is 18.9. The van der Waals surface area contributed by atoms with Gasteiger partial charge in [0.15, 0.2) is 0 Å². The quantitative estimate of drug-likeness (QED) is 0.323. The van der Waals surface area contributed by atoms with Gasteiger partial charge in [0.2, 0.25) is 5.91 Å². The first-order valence-corrected chi connectivity index (χ1v) is 13.2. The number of fused-ring (bicyclic) bond motifs is 1. The van der Waals surface area contributed by atoms with Gasteiger partial charge in [-0.1, -0.05) is 30.3 Å². The number of rotatable bonds is 11. The molecule has 1 aliphatic heterocycles. The Morgan fingerprint density at radius 2 is 1.85 bits per heavy atom. The molecule has 3 N–H and O–H groups in total. The van der Waals surface area contributed by atoms with E-state index in [-0.39, 0.29) is 31.0 Å². The first kappa shape index (κ1) is 28.1. The number of likely N-dealkylation sites (tertiary alicyclic amines) is 1. The highest BCUT2D eigenvalue weighted by atomic mass is 19.1. The normalized spacial score (nSPS) is 14.7. The summed E-state index contributed by atoms with van der Waals surface area (Å²) in [5.41, 5.74) is 2.71. The number of benzene rings is 2. The van der Waals surface area contributed by atoms with Crippen LogP contribution in [0, 0.1) is 11.7 Å². The van der Waals surface area contributed by atoms with Crippen molar-refractivity contribution >= 4 is 28.8 Å². The molecule has 1 fully saturated rings. The van der Waals surface area contributed by atoms with Gasteiger partial charge in [-0.05, 0) is 54.5 Å². The van der Waals surface area contributed by atoms with E-state index < -0.39 is 12.0 Å². The molecule has 208 valence electrons. The highest BCUT2D eigenvalue weighted by Crippen LogP contribution is 2.22. The topological polar surface area (TPSA) is 113 Å². The van der Waals surface area contributed by atoms with E-state index in [1.807, 2.05) is 30.5 Å². The number of esters is 1. The van der Waals surface area contributed by atoms with Gasteiger partial charge in [0.25, 0.3) is 0 Å². The summed E-state index contributed by atoms with van der Waals surface area (Å²) in [6.45, 7) is 1.87. The van der Waals surface area contributed by atoms with Gasteiger partial charge in [0.05, 0.1) is 13.7 Å². The fourth-order valence-electron chi connectivity index (χ4n) is 4.83. The van der Waals surface area contributed by atoms with E-state index in [1.165, 1.54) is 19.2 Å². The minimum absolute atomic E-state index is 0.0596. The number of amides is 3. The number of carbonyl (C=O) groups is 3. The van der Waals surface area contributed by atoms with Crippen molar-refractivity contribution in [1.82, 2.24) is 20.5 Å². The molecule has 2 heterocycles. The van der Waals surface area contributed by atoms with E-state index in [4.69, 9.17) is 9.47 Å². The maximum atomic E-state index is 13.0. The maximum absolute atomic E-state index is 13.0. The average Bonchev–Trinajstić information content (AvgIpc) is 3.36. The second kappa shape index (κ2) is 13.7. The molecule has 1 aliphatic rings. The number of aromatic nitrogens is 1. The zero-order chi connectivity index (χ0) is 27.6. The molecule has 0 aliphatic carbocycles. The summed E-state index contributed by atoms with van der Waals surface area (Å²) in [5, 5.41) is 6.73. The van der Waals surface area contributed by atoms with Gasteiger partial charge in [-0.3, -0.25) is 4.79 Å². The molecule has 3 aromatic rings. The van der Waals surface area contributed by atoms with Crippen molar-refractivity contribution in [3.05, 3.63) is 71.7 Å². The fraction of sp³-hybridized carbons (Fsp3) is 0.414. The molecule has 4 rings (SSSR count). The Balaban J connectivity index is 1.16. The smallest absolute Gasteiger partial charge is 0.328 e. The van der Waals surface area contributed by atoms with Crippen LogP contribution in [0.1, 0.15) is 30.4 Å². The number of aromatic amines is 1. The summed E-state index contributed by atoms with van der Waals surface area (Å²) >= 11 is 0. The van der Waals surface area contributed by atoms with Gasteiger partial charge in [0.1, 0.15) is 18.5 Å². The first-order valence-electron chi connectivity index (χ1n) is 13.2. The van der Waals surface area contributed by atoms with Crippen LogP contribution in [0.3, 0.4) is 0 Å². The number of hydrogen-bond acceptors (Lipinski definition) is 5. The van der Waals surface area contributed by atoms with E-state index in [2.05, 4.69) is 15.6 Å². The minimum Gasteiger partial charge on any atom is -0.467 e. The Hall–Kier alpha value is -3.92. The molecule has 1 unspecified atom stereocenters. The van der Waals surface area contributed by atoms with E-state index in [1.54, 1.807) is 17.0 Å². The molecule has 39 heavy (non-hydrogen) atoms. The zero-order valence-electron chi connectivity index (χ0n) is 22.1. The number of ether oxygens (including phenoxy) is 2. The molecule has 1 saturated heterocycles. The lowest BCUT2D eigenvalue weighted by Gasteiger charge is -2.33. The number of urea groups is 1. The summed E-state index contributed by atoms with van der Waals surface area (Å²) in [6, 6.07) is 12.7. The van der Waals surface area contributed by atoms with E-state index >= 15 is 0 Å². The van der Waals surface area contributed by atoms with Crippen LogP contribution < -0.4 is 10.6 Å². The van der Waals surface area contributed by atoms with Crippen molar-refractivity contribution in [3.63, 3.8) is 0 Å². The van der Waals surface area contributed by atoms with E-state index in [0.717, 1.165) is 41.3 Å². The number of halogens is 1. The number of hydrogen-bond donors (Lipinski definition) is 3. The lowest BCUT2D eigenvalue weighted by atomic mass is 9.93. The molecule has 0 bridgehead atoms. The standard InChI is InChI=1S/C29H35FN4O5/c1-38-28(36)26(16-22-17-32-25-5-3-2-4-24(22)25)33-29(37)34-14-11-20(12-15-34)10-13-31-27(35)19-39-18-21-6-8-23(30)9-7-21/h2-9,17,20,26,32H,10-16,18-19H2,1H3,(H,31,35)(H,33,37). The van der Waals surface area contributed by atoms with Crippen LogP contribution in [0.5, 0.6) is 0 Å². The molecular formula is C29H35FN4O5. The summed E-state index contributed by atoms with van der Waals surface area (Å²) in [4.78, 5) is 42.4.